The van der Waals surface area contributed by atoms with Gasteiger partial charge in [-0.2, -0.15) is 0 Å². The number of aryl methyl sites for hydroxylation is 3. The molecule has 2 heterocycles. The van der Waals surface area contributed by atoms with Gasteiger partial charge in [0.1, 0.15) is 5.15 Å². The minimum atomic E-state index is 0.528. The largest absolute Gasteiger partial charge is 0.247 e. The van der Waals surface area contributed by atoms with Crippen molar-refractivity contribution in [3.05, 3.63) is 46.2 Å². The van der Waals surface area contributed by atoms with Gasteiger partial charge in [0.25, 0.3) is 0 Å². The lowest BCUT2D eigenvalue weighted by Gasteiger charge is -2.08. The second-order valence-corrected chi connectivity index (χ2v) is 5.06. The summed E-state index contributed by atoms with van der Waals surface area (Å²) in [6.07, 6.45) is 0. The Labute approximate surface area is 111 Å². The van der Waals surface area contributed by atoms with E-state index in [4.69, 9.17) is 16.6 Å². The Morgan fingerprint density at radius 1 is 0.889 bits per heavy atom. The van der Waals surface area contributed by atoms with E-state index in [0.29, 0.717) is 5.15 Å². The van der Waals surface area contributed by atoms with Crippen LogP contribution in [0.4, 0.5) is 0 Å². The molecule has 0 fully saturated rings. The maximum Gasteiger partial charge on any atom is 0.138 e. The van der Waals surface area contributed by atoms with E-state index in [1.54, 1.807) is 0 Å². The molecule has 0 unspecified atom stereocenters. The van der Waals surface area contributed by atoms with Crippen molar-refractivity contribution < 1.29 is 0 Å². The first-order valence-corrected chi connectivity index (χ1v) is 6.28. The SMILES string of the molecule is Cc1cc2nc3c(C)ccc(C)c3cc2c(Cl)n1. The zero-order chi connectivity index (χ0) is 12.9. The van der Waals surface area contributed by atoms with Crippen molar-refractivity contribution in [1.29, 1.82) is 0 Å². The molecule has 3 aromatic rings. The minimum Gasteiger partial charge on any atom is -0.247 e. The Bertz CT molecular complexity index is 778. The molecule has 0 aliphatic carbocycles. The standard InChI is InChI=1S/C15H13ClN2/c1-8-4-5-9(2)14-11(8)7-12-13(18-14)6-10(3)17-15(12)16/h4-7H,1-3H3. The van der Waals surface area contributed by atoms with E-state index in [9.17, 15) is 0 Å². The Morgan fingerprint density at radius 3 is 2.39 bits per heavy atom. The van der Waals surface area contributed by atoms with E-state index in [0.717, 1.165) is 27.5 Å². The molecule has 90 valence electrons. The third kappa shape index (κ3) is 1.65. The van der Waals surface area contributed by atoms with E-state index < -0.39 is 0 Å². The molecular weight excluding hydrogens is 244 g/mol. The van der Waals surface area contributed by atoms with Crippen LogP contribution in [0.3, 0.4) is 0 Å². The van der Waals surface area contributed by atoms with E-state index in [2.05, 4.69) is 37.0 Å². The first-order valence-electron chi connectivity index (χ1n) is 5.90. The van der Waals surface area contributed by atoms with E-state index in [-0.39, 0.29) is 0 Å². The lowest BCUT2D eigenvalue weighted by atomic mass is 10.0. The summed E-state index contributed by atoms with van der Waals surface area (Å²) in [6, 6.07) is 8.28. The maximum absolute atomic E-state index is 6.20. The minimum absolute atomic E-state index is 0.528. The van der Waals surface area contributed by atoms with Crippen molar-refractivity contribution >= 4 is 33.4 Å². The third-order valence-electron chi connectivity index (χ3n) is 3.28. The first-order chi connectivity index (χ1) is 8.56. The molecule has 3 heteroatoms. The van der Waals surface area contributed by atoms with Crippen LogP contribution in [0, 0.1) is 20.8 Å². The summed E-state index contributed by atoms with van der Waals surface area (Å²) >= 11 is 6.20. The van der Waals surface area contributed by atoms with Gasteiger partial charge in [-0.1, -0.05) is 23.7 Å². The van der Waals surface area contributed by atoms with Gasteiger partial charge in [-0.25, -0.2) is 9.97 Å². The second-order valence-electron chi connectivity index (χ2n) is 4.71. The number of halogens is 1. The van der Waals surface area contributed by atoms with Crippen molar-refractivity contribution in [2.75, 3.05) is 0 Å². The highest BCUT2D eigenvalue weighted by atomic mass is 35.5. The average molecular weight is 257 g/mol. The van der Waals surface area contributed by atoms with Crippen LogP contribution in [0.25, 0.3) is 21.8 Å². The topological polar surface area (TPSA) is 25.8 Å². The molecule has 0 atom stereocenters. The van der Waals surface area contributed by atoms with Crippen LogP contribution < -0.4 is 0 Å². The van der Waals surface area contributed by atoms with Gasteiger partial charge < -0.3 is 0 Å². The molecule has 0 saturated carbocycles. The summed E-state index contributed by atoms with van der Waals surface area (Å²) < 4.78 is 0. The van der Waals surface area contributed by atoms with Crippen molar-refractivity contribution in [2.45, 2.75) is 20.8 Å². The molecule has 3 rings (SSSR count). The highest BCUT2D eigenvalue weighted by molar-refractivity contribution is 6.34. The molecule has 18 heavy (non-hydrogen) atoms. The third-order valence-corrected chi connectivity index (χ3v) is 3.56. The average Bonchev–Trinajstić information content (AvgIpc) is 2.32. The number of fused-ring (bicyclic) bond motifs is 2. The number of hydrogen-bond donors (Lipinski definition) is 0. The fourth-order valence-corrected chi connectivity index (χ4v) is 2.55. The van der Waals surface area contributed by atoms with Gasteiger partial charge in [0.2, 0.25) is 0 Å². The molecule has 0 radical (unpaired) electrons. The van der Waals surface area contributed by atoms with E-state index in [1.807, 2.05) is 13.0 Å². The van der Waals surface area contributed by atoms with Gasteiger partial charge in [-0.3, -0.25) is 0 Å². The second kappa shape index (κ2) is 3.92. The molecule has 2 aromatic heterocycles. The Hall–Kier alpha value is -1.67. The fourth-order valence-electron chi connectivity index (χ4n) is 2.27. The molecule has 0 aliphatic rings. The Kier molecular flexibility index (Phi) is 2.49. The number of nitrogens with zero attached hydrogens (tertiary/aromatic N) is 2. The Balaban J connectivity index is 2.55. The zero-order valence-corrected chi connectivity index (χ0v) is 11.3. The Morgan fingerprint density at radius 2 is 1.61 bits per heavy atom. The predicted molar refractivity (Wildman–Crippen MR) is 76.3 cm³/mol. The normalized spacial score (nSPS) is 11.3. The molecular formula is C15H13ClN2. The van der Waals surface area contributed by atoms with Crippen LogP contribution in [-0.2, 0) is 0 Å². The van der Waals surface area contributed by atoms with Gasteiger partial charge in [-0.05, 0) is 44.0 Å². The molecule has 0 aliphatic heterocycles. The maximum atomic E-state index is 6.20. The lowest BCUT2D eigenvalue weighted by molar-refractivity contribution is 1.21. The number of rotatable bonds is 0. The van der Waals surface area contributed by atoms with Crippen LogP contribution in [0.15, 0.2) is 24.3 Å². The summed E-state index contributed by atoms with van der Waals surface area (Å²) in [5.41, 5.74) is 5.24. The summed E-state index contributed by atoms with van der Waals surface area (Å²) in [4.78, 5) is 9.02. The quantitative estimate of drug-likeness (QED) is 0.441. The van der Waals surface area contributed by atoms with Crippen molar-refractivity contribution in [1.82, 2.24) is 9.97 Å². The van der Waals surface area contributed by atoms with Gasteiger partial charge in [-0.15, -0.1) is 0 Å². The van der Waals surface area contributed by atoms with E-state index in [1.165, 1.54) is 11.1 Å². The molecule has 0 N–H and O–H groups in total. The number of benzene rings is 1. The number of pyridine rings is 2. The van der Waals surface area contributed by atoms with Crippen LogP contribution in [0.2, 0.25) is 5.15 Å². The molecule has 0 spiro atoms. The fraction of sp³-hybridized carbons (Fsp3) is 0.200. The molecule has 1 aromatic carbocycles. The summed E-state index contributed by atoms with van der Waals surface area (Å²) in [6.45, 7) is 6.10. The van der Waals surface area contributed by atoms with Crippen molar-refractivity contribution in [3.8, 4) is 0 Å². The van der Waals surface area contributed by atoms with Crippen LogP contribution in [0.1, 0.15) is 16.8 Å². The molecule has 0 saturated heterocycles. The van der Waals surface area contributed by atoms with Gasteiger partial charge in [0.15, 0.2) is 0 Å². The first kappa shape index (κ1) is 11.4. The molecule has 0 bridgehead atoms. The lowest BCUT2D eigenvalue weighted by Crippen LogP contribution is -1.91. The molecule has 0 amide bonds. The summed E-state index contributed by atoms with van der Waals surface area (Å²) in [5.74, 6) is 0. The molecule has 2 nitrogen and oxygen atoms in total. The van der Waals surface area contributed by atoms with Crippen molar-refractivity contribution in [3.63, 3.8) is 0 Å². The van der Waals surface area contributed by atoms with Crippen LogP contribution >= 0.6 is 11.6 Å². The van der Waals surface area contributed by atoms with Crippen molar-refractivity contribution in [2.24, 2.45) is 0 Å². The highest BCUT2D eigenvalue weighted by Gasteiger charge is 2.08. The number of aromatic nitrogens is 2. The predicted octanol–water partition coefficient (Wildman–Crippen LogP) is 4.36. The zero-order valence-electron chi connectivity index (χ0n) is 10.6. The number of hydrogen-bond acceptors (Lipinski definition) is 2. The van der Waals surface area contributed by atoms with Gasteiger partial charge >= 0.3 is 0 Å². The van der Waals surface area contributed by atoms with Gasteiger partial charge in [0, 0.05) is 16.5 Å². The summed E-state index contributed by atoms with van der Waals surface area (Å²) in [7, 11) is 0. The van der Waals surface area contributed by atoms with Gasteiger partial charge in [0.05, 0.1) is 11.0 Å². The van der Waals surface area contributed by atoms with Crippen LogP contribution in [-0.4, -0.2) is 9.97 Å². The summed E-state index contributed by atoms with van der Waals surface area (Å²) in [5, 5.41) is 2.60. The monoisotopic (exact) mass is 256 g/mol. The highest BCUT2D eigenvalue weighted by Crippen LogP contribution is 2.28. The van der Waals surface area contributed by atoms with Crippen LogP contribution in [0.5, 0.6) is 0 Å². The smallest absolute Gasteiger partial charge is 0.138 e. The van der Waals surface area contributed by atoms with E-state index >= 15 is 0 Å².